The maximum Gasteiger partial charge on any atom is 0.326 e. The Morgan fingerprint density at radius 3 is 2.55 bits per heavy atom. The van der Waals surface area contributed by atoms with Crippen molar-refractivity contribution in [3.05, 3.63) is 35.4 Å². The van der Waals surface area contributed by atoms with E-state index in [1.165, 1.54) is 4.90 Å². The lowest BCUT2D eigenvalue weighted by Crippen LogP contribution is -2.40. The number of hydrogen-bond acceptors (Lipinski definition) is 4. The molecule has 1 aliphatic rings. The van der Waals surface area contributed by atoms with Crippen molar-refractivity contribution in [3.8, 4) is 0 Å². The van der Waals surface area contributed by atoms with Gasteiger partial charge in [-0.25, -0.2) is 4.79 Å². The Kier molecular flexibility index (Phi) is 4.36. The molecule has 0 radical (unpaired) electrons. The Hall–Kier alpha value is -1.92. The van der Waals surface area contributed by atoms with Crippen LogP contribution in [0.2, 0.25) is 0 Å². The molecule has 2 unspecified atom stereocenters. The molecule has 1 fully saturated rings. The van der Waals surface area contributed by atoms with E-state index in [0.29, 0.717) is 12.2 Å². The smallest absolute Gasteiger partial charge is 0.326 e. The monoisotopic (exact) mass is 279 g/mol. The second-order valence-electron chi connectivity index (χ2n) is 4.83. The average Bonchev–Trinajstić information content (AvgIpc) is 2.81. The number of aliphatic hydroxyl groups is 1. The van der Waals surface area contributed by atoms with Gasteiger partial charge in [0.25, 0.3) is 5.91 Å². The Morgan fingerprint density at radius 2 is 2.00 bits per heavy atom. The normalized spacial score (nSPS) is 22.0. The molecule has 0 aliphatic carbocycles. The first-order valence-electron chi connectivity index (χ1n) is 6.32. The SMILES string of the molecule is COCc1ccc(C(=O)N2CC(O)CC2C(=O)O)cc1. The van der Waals surface area contributed by atoms with Crippen molar-refractivity contribution < 1.29 is 24.5 Å². The van der Waals surface area contributed by atoms with Crippen molar-refractivity contribution in [1.29, 1.82) is 0 Å². The van der Waals surface area contributed by atoms with Crippen LogP contribution in [-0.2, 0) is 16.1 Å². The Labute approximate surface area is 116 Å². The van der Waals surface area contributed by atoms with Gasteiger partial charge in [0, 0.05) is 25.6 Å². The Balaban J connectivity index is 2.15. The first-order valence-corrected chi connectivity index (χ1v) is 6.32. The highest BCUT2D eigenvalue weighted by atomic mass is 16.5. The van der Waals surface area contributed by atoms with Crippen LogP contribution >= 0.6 is 0 Å². The number of benzene rings is 1. The summed E-state index contributed by atoms with van der Waals surface area (Å²) in [6.45, 7) is 0.504. The van der Waals surface area contributed by atoms with Gasteiger partial charge in [0.05, 0.1) is 12.7 Å². The minimum absolute atomic E-state index is 0.0512. The third-order valence-corrected chi connectivity index (χ3v) is 3.34. The van der Waals surface area contributed by atoms with Crippen LogP contribution in [0, 0.1) is 0 Å². The average molecular weight is 279 g/mol. The molecule has 6 nitrogen and oxygen atoms in total. The topological polar surface area (TPSA) is 87.1 Å². The van der Waals surface area contributed by atoms with E-state index in [-0.39, 0.29) is 18.9 Å². The predicted octanol–water partition coefficient (Wildman–Crippen LogP) is 0.493. The van der Waals surface area contributed by atoms with Gasteiger partial charge in [-0.3, -0.25) is 4.79 Å². The number of carboxylic acid groups (broad SMARTS) is 1. The number of aliphatic hydroxyl groups excluding tert-OH is 1. The molecular weight excluding hydrogens is 262 g/mol. The highest BCUT2D eigenvalue weighted by molar-refractivity contribution is 5.97. The predicted molar refractivity (Wildman–Crippen MR) is 70.2 cm³/mol. The number of likely N-dealkylation sites (tertiary alicyclic amines) is 1. The lowest BCUT2D eigenvalue weighted by Gasteiger charge is -2.21. The van der Waals surface area contributed by atoms with Crippen molar-refractivity contribution in [1.82, 2.24) is 4.90 Å². The molecule has 2 rings (SSSR count). The van der Waals surface area contributed by atoms with E-state index >= 15 is 0 Å². The quantitative estimate of drug-likeness (QED) is 0.837. The summed E-state index contributed by atoms with van der Waals surface area (Å²) in [4.78, 5) is 24.6. The number of β-amino-alcohol motifs (C(OH)–C–C–N with tert-alkyl or cyclic N) is 1. The number of carbonyl (C=O) groups is 2. The summed E-state index contributed by atoms with van der Waals surface area (Å²) in [7, 11) is 1.59. The Morgan fingerprint density at radius 1 is 1.35 bits per heavy atom. The maximum atomic E-state index is 12.3. The molecule has 0 aromatic heterocycles. The van der Waals surface area contributed by atoms with Crippen molar-refractivity contribution in [2.24, 2.45) is 0 Å². The summed E-state index contributed by atoms with van der Waals surface area (Å²) in [5, 5.41) is 18.6. The molecule has 1 aromatic carbocycles. The molecular formula is C14H17NO5. The number of amides is 1. The zero-order valence-corrected chi connectivity index (χ0v) is 11.2. The van der Waals surface area contributed by atoms with E-state index in [1.807, 2.05) is 0 Å². The molecule has 1 saturated heterocycles. The summed E-state index contributed by atoms with van der Waals surface area (Å²) in [6.07, 6.45) is -0.712. The van der Waals surface area contributed by atoms with Gasteiger partial charge >= 0.3 is 5.97 Å². The molecule has 2 N–H and O–H groups in total. The first kappa shape index (κ1) is 14.5. The molecule has 1 amide bonds. The van der Waals surface area contributed by atoms with E-state index in [9.17, 15) is 14.7 Å². The van der Waals surface area contributed by atoms with Crippen LogP contribution in [0.5, 0.6) is 0 Å². The zero-order valence-electron chi connectivity index (χ0n) is 11.2. The standard InChI is InChI=1S/C14H17NO5/c1-20-8-9-2-4-10(5-3-9)13(17)15-7-11(16)6-12(15)14(18)19/h2-5,11-12,16H,6-8H2,1H3,(H,18,19). The summed E-state index contributed by atoms with van der Waals surface area (Å²) in [6, 6.07) is 5.84. The largest absolute Gasteiger partial charge is 0.480 e. The summed E-state index contributed by atoms with van der Waals surface area (Å²) in [5.41, 5.74) is 1.34. The second-order valence-corrected chi connectivity index (χ2v) is 4.83. The summed E-state index contributed by atoms with van der Waals surface area (Å²) >= 11 is 0. The minimum Gasteiger partial charge on any atom is -0.480 e. The minimum atomic E-state index is -1.09. The molecule has 108 valence electrons. The van der Waals surface area contributed by atoms with Crippen LogP contribution in [0.3, 0.4) is 0 Å². The van der Waals surface area contributed by atoms with Gasteiger partial charge in [0.1, 0.15) is 6.04 Å². The molecule has 1 heterocycles. The number of rotatable bonds is 4. The Bertz CT molecular complexity index is 499. The van der Waals surface area contributed by atoms with E-state index in [0.717, 1.165) is 5.56 Å². The van der Waals surface area contributed by atoms with Crippen molar-refractivity contribution >= 4 is 11.9 Å². The number of methoxy groups -OCH3 is 1. The lowest BCUT2D eigenvalue weighted by molar-refractivity contribution is -0.141. The van der Waals surface area contributed by atoms with Gasteiger partial charge in [-0.2, -0.15) is 0 Å². The van der Waals surface area contributed by atoms with Gasteiger partial charge in [0.2, 0.25) is 0 Å². The highest BCUT2D eigenvalue weighted by Crippen LogP contribution is 2.21. The first-order chi connectivity index (χ1) is 9.52. The van der Waals surface area contributed by atoms with Gasteiger partial charge in [-0.05, 0) is 17.7 Å². The number of hydrogen-bond donors (Lipinski definition) is 2. The van der Waals surface area contributed by atoms with Gasteiger partial charge < -0.3 is 19.8 Å². The van der Waals surface area contributed by atoms with Crippen molar-refractivity contribution in [2.75, 3.05) is 13.7 Å². The molecule has 2 atom stereocenters. The molecule has 1 aliphatic heterocycles. The fourth-order valence-electron chi connectivity index (χ4n) is 2.35. The molecule has 0 bridgehead atoms. The number of carboxylic acids is 1. The van der Waals surface area contributed by atoms with Gasteiger partial charge in [-0.15, -0.1) is 0 Å². The van der Waals surface area contributed by atoms with E-state index < -0.39 is 18.1 Å². The molecule has 6 heteroatoms. The number of carbonyl (C=O) groups excluding carboxylic acids is 1. The van der Waals surface area contributed by atoms with Crippen LogP contribution in [0.15, 0.2) is 24.3 Å². The third kappa shape index (κ3) is 2.97. The van der Waals surface area contributed by atoms with Crippen LogP contribution in [-0.4, -0.2) is 52.8 Å². The van der Waals surface area contributed by atoms with E-state index in [4.69, 9.17) is 9.84 Å². The maximum absolute atomic E-state index is 12.3. The van der Waals surface area contributed by atoms with Crippen LogP contribution in [0.25, 0.3) is 0 Å². The summed E-state index contributed by atoms with van der Waals surface area (Å²) in [5.74, 6) is -1.47. The zero-order chi connectivity index (χ0) is 14.7. The number of nitrogens with zero attached hydrogens (tertiary/aromatic N) is 1. The summed E-state index contributed by atoms with van der Waals surface area (Å²) < 4.78 is 4.98. The number of ether oxygens (including phenoxy) is 1. The fourth-order valence-corrected chi connectivity index (χ4v) is 2.35. The molecule has 20 heavy (non-hydrogen) atoms. The fraction of sp³-hybridized carbons (Fsp3) is 0.429. The number of aliphatic carboxylic acids is 1. The van der Waals surface area contributed by atoms with Crippen LogP contribution in [0.4, 0.5) is 0 Å². The molecule has 1 aromatic rings. The van der Waals surface area contributed by atoms with Crippen LogP contribution in [0.1, 0.15) is 22.3 Å². The second kappa shape index (κ2) is 6.02. The van der Waals surface area contributed by atoms with Crippen molar-refractivity contribution in [3.63, 3.8) is 0 Å². The van der Waals surface area contributed by atoms with Gasteiger partial charge in [0.15, 0.2) is 0 Å². The van der Waals surface area contributed by atoms with Gasteiger partial charge in [-0.1, -0.05) is 12.1 Å². The highest BCUT2D eigenvalue weighted by Gasteiger charge is 2.39. The van der Waals surface area contributed by atoms with Crippen LogP contribution < -0.4 is 0 Å². The van der Waals surface area contributed by atoms with Crippen molar-refractivity contribution in [2.45, 2.75) is 25.2 Å². The van der Waals surface area contributed by atoms with E-state index in [1.54, 1.807) is 31.4 Å². The molecule has 0 spiro atoms. The lowest BCUT2D eigenvalue weighted by atomic mass is 10.1. The molecule has 0 saturated carbocycles. The van der Waals surface area contributed by atoms with E-state index in [2.05, 4.69) is 0 Å². The third-order valence-electron chi connectivity index (χ3n) is 3.34.